The number of hydrogen-bond acceptors (Lipinski definition) is 24. The summed E-state index contributed by atoms with van der Waals surface area (Å²) in [6, 6.07) is 5.71. The van der Waals surface area contributed by atoms with Gasteiger partial charge >= 0.3 is 0 Å². The Morgan fingerprint density at radius 2 is 1.10 bits per heavy atom. The predicted molar refractivity (Wildman–Crippen MR) is 261 cm³/mol. The maximum absolute atomic E-state index is 11.7. The van der Waals surface area contributed by atoms with E-state index < -0.39 is 161 Å². The molecule has 4 aliphatic heterocycles. The highest BCUT2D eigenvalue weighted by Gasteiger charge is 2.64. The Balaban J connectivity index is 0.910. The summed E-state index contributed by atoms with van der Waals surface area (Å²) in [4.78, 5) is 0. The van der Waals surface area contributed by atoms with Crippen molar-refractivity contribution in [3.63, 3.8) is 0 Å². The summed E-state index contributed by atoms with van der Waals surface area (Å²) in [5.41, 5.74) is 1.57. The van der Waals surface area contributed by atoms with Crippen LogP contribution in [0.1, 0.15) is 77.2 Å². The standard InChI is InChI=1S/C53H82O24/c1-21(70-48-44(66)40(62)46(33(19-56)74-48)76-50-42(64)38(60)36(58)31(17-54)72-50)35-27(26-15-23(68-4)7-9-30(26)69-5)16-29-25-8-6-22-14-24(10-12-52(22,2)28(25)11-13-53(29,35)3)71-49-45(67)41(63)47(34(20-57)75-49)77-51-43(65)39(61)37(59)32(18-55)73-51/h6-7,9,15,21,24-25,27-29,31-51,54-67H,8,10-14,16-20H2,1-5H3/t21?,24?,25?,27?,28?,29?,31-,32-,33-,34-,35?,36-,37-,38+,39+,40-,41-,42-,43-,44-,45-,46-,47-,48?,49?,50+,51+,52?,53?/m1/s1. The van der Waals surface area contributed by atoms with Crippen LogP contribution >= 0.6 is 0 Å². The molecule has 24 nitrogen and oxygen atoms in total. The van der Waals surface area contributed by atoms with Gasteiger partial charge in [0.1, 0.15) is 109 Å². The van der Waals surface area contributed by atoms with E-state index in [4.69, 9.17) is 47.4 Å². The number of fused-ring (bicyclic) bond motifs is 5. The molecule has 9 rings (SSSR count). The molecule has 7 fully saturated rings. The molecule has 8 aliphatic rings. The minimum atomic E-state index is -1.81. The van der Waals surface area contributed by atoms with Gasteiger partial charge in [-0.3, -0.25) is 0 Å². The summed E-state index contributed by atoms with van der Waals surface area (Å²) >= 11 is 0. The molecule has 1 aromatic carbocycles. The number of hydrogen-bond donors (Lipinski definition) is 14. The molecule has 0 radical (unpaired) electrons. The average Bonchev–Trinajstić information content (AvgIpc) is 3.76. The molecule has 438 valence electrons. The lowest BCUT2D eigenvalue weighted by Crippen LogP contribution is -2.65. The smallest absolute Gasteiger partial charge is 0.187 e. The summed E-state index contributed by atoms with van der Waals surface area (Å²) < 4.78 is 59.6. The van der Waals surface area contributed by atoms with Crippen molar-refractivity contribution >= 4 is 0 Å². The quantitative estimate of drug-likeness (QED) is 0.0734. The number of ether oxygens (including phenoxy) is 10. The molecule has 1 aromatic rings. The van der Waals surface area contributed by atoms with Crippen molar-refractivity contribution in [3.05, 3.63) is 35.4 Å². The second kappa shape index (κ2) is 23.9. The van der Waals surface area contributed by atoms with Crippen molar-refractivity contribution in [1.29, 1.82) is 0 Å². The highest BCUT2D eigenvalue weighted by atomic mass is 16.8. The van der Waals surface area contributed by atoms with Gasteiger partial charge in [0.2, 0.25) is 0 Å². The van der Waals surface area contributed by atoms with E-state index in [1.165, 1.54) is 5.57 Å². The summed E-state index contributed by atoms with van der Waals surface area (Å²) in [5.74, 6) is 1.60. The molecule has 3 saturated carbocycles. The minimum absolute atomic E-state index is 0.157. The van der Waals surface area contributed by atoms with Crippen molar-refractivity contribution < 1.29 is 119 Å². The Morgan fingerprint density at radius 3 is 1.65 bits per heavy atom. The van der Waals surface area contributed by atoms with Crippen LogP contribution in [0.2, 0.25) is 0 Å². The van der Waals surface area contributed by atoms with E-state index in [0.717, 1.165) is 37.7 Å². The van der Waals surface area contributed by atoms with Gasteiger partial charge in [0.05, 0.1) is 52.9 Å². The fourth-order valence-corrected chi connectivity index (χ4v) is 15.0. The van der Waals surface area contributed by atoms with Gasteiger partial charge < -0.3 is 119 Å². The van der Waals surface area contributed by atoms with Crippen molar-refractivity contribution in [1.82, 2.24) is 0 Å². The summed E-state index contributed by atoms with van der Waals surface area (Å²) in [6.07, 6.45) is -25.3. The van der Waals surface area contributed by atoms with E-state index in [-0.39, 0.29) is 40.4 Å². The van der Waals surface area contributed by atoms with Crippen LogP contribution < -0.4 is 9.47 Å². The third kappa shape index (κ3) is 10.7. The fourth-order valence-electron chi connectivity index (χ4n) is 15.0. The molecule has 0 spiro atoms. The average molecular weight is 1100 g/mol. The molecule has 4 aliphatic carbocycles. The van der Waals surface area contributed by atoms with Crippen LogP contribution in [0.5, 0.6) is 11.5 Å². The molecular formula is C53H82O24. The van der Waals surface area contributed by atoms with Crippen molar-refractivity contribution in [2.45, 2.75) is 207 Å². The Bertz CT molecular complexity index is 2150. The lowest BCUT2D eigenvalue weighted by Gasteiger charge is -2.58. The highest BCUT2D eigenvalue weighted by molar-refractivity contribution is 5.44. The molecular weight excluding hydrogens is 1020 g/mol. The van der Waals surface area contributed by atoms with Crippen molar-refractivity contribution in [2.75, 3.05) is 40.6 Å². The van der Waals surface area contributed by atoms with Gasteiger partial charge in [0.25, 0.3) is 0 Å². The second-order valence-electron chi connectivity index (χ2n) is 23.1. The molecule has 4 heterocycles. The molecule has 0 aromatic heterocycles. The van der Waals surface area contributed by atoms with Crippen molar-refractivity contribution in [2.24, 2.45) is 34.5 Å². The third-order valence-electron chi connectivity index (χ3n) is 19.1. The minimum Gasteiger partial charge on any atom is -0.497 e. The SMILES string of the molecule is COc1ccc(OC)c(C2CC3C4CC=C5CC(OC6O[C@H](CO)[C@@H](O[C@@H]7O[C@H](CO)[C@@H](O)[C@H](O)[C@H]7O)[C@H](O)[C@H]6O)CCC5(C)C4CCC3(C)C2C(C)OC2O[C@H](CO)[C@@H](O[C@@H]3O[C@H](CO)[C@@H](O)[C@H](O)[C@H]3O)[C@H](O)[C@H]2O)c1. The zero-order chi connectivity index (χ0) is 55.6. The number of methoxy groups -OCH3 is 2. The number of rotatable bonds is 16. The normalized spacial score (nSPS) is 49.5. The molecule has 24 heteroatoms. The zero-order valence-electron chi connectivity index (χ0n) is 44.0. The first-order valence-electron chi connectivity index (χ1n) is 27.1. The topological polar surface area (TPSA) is 376 Å². The number of aliphatic hydroxyl groups excluding tert-OH is 14. The molecule has 0 amide bonds. The fraction of sp³-hybridized carbons (Fsp3) is 0.849. The summed E-state index contributed by atoms with van der Waals surface area (Å²) in [5, 5.41) is 149. The largest absolute Gasteiger partial charge is 0.497 e. The third-order valence-corrected chi connectivity index (χ3v) is 19.1. The molecule has 0 bridgehead atoms. The number of aliphatic hydroxyl groups is 14. The van der Waals surface area contributed by atoms with E-state index in [2.05, 4.69) is 19.9 Å². The first kappa shape index (κ1) is 59.3. The molecule has 77 heavy (non-hydrogen) atoms. The van der Waals surface area contributed by atoms with Gasteiger partial charge in [-0.2, -0.15) is 0 Å². The van der Waals surface area contributed by atoms with E-state index >= 15 is 0 Å². The van der Waals surface area contributed by atoms with Crippen LogP contribution in [0, 0.1) is 34.5 Å². The van der Waals surface area contributed by atoms with E-state index in [9.17, 15) is 71.5 Å². The maximum atomic E-state index is 11.7. The maximum Gasteiger partial charge on any atom is 0.187 e. The lowest BCUT2D eigenvalue weighted by atomic mass is 9.47. The van der Waals surface area contributed by atoms with Gasteiger partial charge in [-0.15, -0.1) is 0 Å². The van der Waals surface area contributed by atoms with E-state index in [1.54, 1.807) is 14.2 Å². The van der Waals surface area contributed by atoms with Gasteiger partial charge in [0, 0.05) is 5.56 Å². The van der Waals surface area contributed by atoms with Crippen LogP contribution in [0.25, 0.3) is 0 Å². The van der Waals surface area contributed by atoms with Crippen LogP contribution in [0.15, 0.2) is 29.8 Å². The Labute approximate surface area is 446 Å². The van der Waals surface area contributed by atoms with Crippen LogP contribution in [0.3, 0.4) is 0 Å². The Hall–Kier alpha value is -2.32. The van der Waals surface area contributed by atoms with Gasteiger partial charge in [-0.05, 0) is 110 Å². The van der Waals surface area contributed by atoms with E-state index in [1.807, 2.05) is 25.1 Å². The van der Waals surface area contributed by atoms with Gasteiger partial charge in [-0.1, -0.05) is 25.5 Å². The van der Waals surface area contributed by atoms with Crippen LogP contribution in [-0.4, -0.2) is 247 Å². The monoisotopic (exact) mass is 1100 g/mol. The first-order valence-corrected chi connectivity index (χ1v) is 27.1. The van der Waals surface area contributed by atoms with Crippen LogP contribution in [-0.2, 0) is 37.9 Å². The first-order chi connectivity index (χ1) is 36.7. The molecule has 4 saturated heterocycles. The Morgan fingerprint density at radius 1 is 0.584 bits per heavy atom. The number of benzene rings is 1. The second-order valence-corrected chi connectivity index (χ2v) is 23.1. The van der Waals surface area contributed by atoms with Gasteiger partial charge in [0.15, 0.2) is 25.2 Å². The highest BCUT2D eigenvalue weighted by Crippen LogP contribution is 2.70. The van der Waals surface area contributed by atoms with E-state index in [0.29, 0.717) is 24.3 Å². The molecule has 11 unspecified atom stereocenters. The van der Waals surface area contributed by atoms with Gasteiger partial charge in [-0.25, -0.2) is 0 Å². The summed E-state index contributed by atoms with van der Waals surface area (Å²) in [6.45, 7) is 3.70. The molecule has 29 atom stereocenters. The lowest BCUT2D eigenvalue weighted by molar-refractivity contribution is -0.364. The predicted octanol–water partition coefficient (Wildman–Crippen LogP) is -2.99. The zero-order valence-corrected chi connectivity index (χ0v) is 44.0. The number of allylic oxidation sites excluding steroid dienone is 1. The van der Waals surface area contributed by atoms with Crippen molar-refractivity contribution in [3.8, 4) is 11.5 Å². The summed E-state index contributed by atoms with van der Waals surface area (Å²) in [7, 11) is 3.22. The molecule has 14 N–H and O–H groups in total. The Kier molecular flexibility index (Phi) is 18.4. The van der Waals surface area contributed by atoms with Crippen LogP contribution in [0.4, 0.5) is 0 Å².